The average Bonchev–Trinajstić information content (AvgIpc) is 3.05. The van der Waals surface area contributed by atoms with Crippen molar-refractivity contribution in [1.82, 2.24) is 10.2 Å². The van der Waals surface area contributed by atoms with Crippen molar-refractivity contribution in [2.75, 3.05) is 27.3 Å². The molecule has 6 heteroatoms. The van der Waals surface area contributed by atoms with Crippen LogP contribution in [-0.2, 0) is 11.3 Å². The van der Waals surface area contributed by atoms with Gasteiger partial charge in [-0.2, -0.15) is 0 Å². The Kier molecular flexibility index (Phi) is 5.96. The van der Waals surface area contributed by atoms with Crippen LogP contribution in [0.15, 0.2) is 48.5 Å². The number of carbonyl (C=O) groups excluding carboxylic acids is 2. The molecule has 0 radical (unpaired) electrons. The Morgan fingerprint density at radius 1 is 1.07 bits per heavy atom. The lowest BCUT2D eigenvalue weighted by molar-refractivity contribution is -0.128. The first kappa shape index (κ1) is 18.8. The number of ether oxygens (including phenoxy) is 2. The van der Waals surface area contributed by atoms with E-state index in [1.807, 2.05) is 35.2 Å². The minimum Gasteiger partial charge on any atom is -0.496 e. The number of benzene rings is 2. The Hall–Kier alpha value is -3.02. The van der Waals surface area contributed by atoms with E-state index >= 15 is 0 Å². The second-order valence-electron chi connectivity index (χ2n) is 6.58. The third-order valence-electron chi connectivity index (χ3n) is 4.72. The van der Waals surface area contributed by atoms with Crippen LogP contribution in [0.2, 0.25) is 0 Å². The first-order valence-electron chi connectivity index (χ1n) is 8.93. The van der Waals surface area contributed by atoms with Crippen molar-refractivity contribution >= 4 is 11.8 Å². The number of hydrogen-bond acceptors (Lipinski definition) is 4. The highest BCUT2D eigenvalue weighted by atomic mass is 16.5. The van der Waals surface area contributed by atoms with Crippen molar-refractivity contribution in [3.8, 4) is 11.5 Å². The van der Waals surface area contributed by atoms with E-state index in [0.717, 1.165) is 5.56 Å². The smallest absolute Gasteiger partial charge is 0.258 e. The average molecular weight is 368 g/mol. The van der Waals surface area contributed by atoms with E-state index in [1.54, 1.807) is 18.2 Å². The predicted octanol–water partition coefficient (Wildman–Crippen LogP) is 2.48. The predicted molar refractivity (Wildman–Crippen MR) is 102 cm³/mol. The van der Waals surface area contributed by atoms with Gasteiger partial charge in [0.1, 0.15) is 17.1 Å². The molecule has 2 aromatic rings. The van der Waals surface area contributed by atoms with Crippen LogP contribution in [0.5, 0.6) is 11.5 Å². The summed E-state index contributed by atoms with van der Waals surface area (Å²) < 4.78 is 10.6. The SMILES string of the molecule is COc1cccc(OC)c1C(=O)NCC1CC(=O)N(Cc2ccccc2)C1. The molecule has 1 aliphatic rings. The summed E-state index contributed by atoms with van der Waals surface area (Å²) in [7, 11) is 3.03. The number of amides is 2. The van der Waals surface area contributed by atoms with Gasteiger partial charge in [-0.15, -0.1) is 0 Å². The molecule has 0 bridgehead atoms. The van der Waals surface area contributed by atoms with Crippen molar-refractivity contribution in [1.29, 1.82) is 0 Å². The van der Waals surface area contributed by atoms with E-state index in [2.05, 4.69) is 5.32 Å². The van der Waals surface area contributed by atoms with Crippen LogP contribution in [0.3, 0.4) is 0 Å². The standard InChI is InChI=1S/C21H24N2O4/c1-26-17-9-6-10-18(27-2)20(17)21(25)22-12-16-11-19(24)23(14-16)13-15-7-4-3-5-8-15/h3-10,16H,11-14H2,1-2H3,(H,22,25). The molecule has 0 saturated carbocycles. The number of methoxy groups -OCH3 is 2. The Balaban J connectivity index is 1.59. The molecule has 0 aliphatic carbocycles. The summed E-state index contributed by atoms with van der Waals surface area (Å²) in [6.45, 7) is 1.67. The summed E-state index contributed by atoms with van der Waals surface area (Å²) in [6, 6.07) is 15.1. The Morgan fingerprint density at radius 2 is 1.74 bits per heavy atom. The normalized spacial score (nSPS) is 16.3. The zero-order valence-electron chi connectivity index (χ0n) is 15.6. The van der Waals surface area contributed by atoms with E-state index in [4.69, 9.17) is 9.47 Å². The largest absolute Gasteiger partial charge is 0.496 e. The summed E-state index contributed by atoms with van der Waals surface area (Å²) in [6.07, 6.45) is 0.441. The Morgan fingerprint density at radius 3 is 2.37 bits per heavy atom. The molecule has 1 atom stereocenters. The minimum absolute atomic E-state index is 0.0888. The van der Waals surface area contributed by atoms with Crippen LogP contribution < -0.4 is 14.8 Å². The first-order valence-corrected chi connectivity index (χ1v) is 8.93. The molecular weight excluding hydrogens is 344 g/mol. The lowest BCUT2D eigenvalue weighted by atomic mass is 10.1. The number of hydrogen-bond donors (Lipinski definition) is 1. The Bertz CT molecular complexity index is 785. The summed E-state index contributed by atoms with van der Waals surface area (Å²) >= 11 is 0. The molecule has 1 heterocycles. The maximum atomic E-state index is 12.6. The lowest BCUT2D eigenvalue weighted by Crippen LogP contribution is -2.31. The van der Waals surface area contributed by atoms with Gasteiger partial charge in [-0.25, -0.2) is 0 Å². The monoisotopic (exact) mass is 368 g/mol. The second kappa shape index (κ2) is 8.58. The van der Waals surface area contributed by atoms with E-state index in [0.29, 0.717) is 43.1 Å². The summed E-state index contributed by atoms with van der Waals surface area (Å²) in [4.78, 5) is 26.8. The van der Waals surface area contributed by atoms with Crippen molar-refractivity contribution < 1.29 is 19.1 Å². The van der Waals surface area contributed by atoms with Crippen LogP contribution in [0.1, 0.15) is 22.3 Å². The highest BCUT2D eigenvalue weighted by molar-refractivity contribution is 5.99. The number of nitrogens with zero attached hydrogens (tertiary/aromatic N) is 1. The van der Waals surface area contributed by atoms with Gasteiger partial charge in [0.2, 0.25) is 5.91 Å². The summed E-state index contributed by atoms with van der Waals surface area (Å²) in [5, 5.41) is 2.92. The maximum absolute atomic E-state index is 12.6. The number of rotatable bonds is 7. The second-order valence-corrected chi connectivity index (χ2v) is 6.58. The number of nitrogens with one attached hydrogen (secondary N) is 1. The fourth-order valence-electron chi connectivity index (χ4n) is 3.35. The highest BCUT2D eigenvalue weighted by Gasteiger charge is 2.30. The van der Waals surface area contributed by atoms with Gasteiger partial charge >= 0.3 is 0 Å². The minimum atomic E-state index is -0.266. The molecule has 1 fully saturated rings. The highest BCUT2D eigenvalue weighted by Crippen LogP contribution is 2.28. The zero-order valence-corrected chi connectivity index (χ0v) is 15.6. The van der Waals surface area contributed by atoms with Gasteiger partial charge in [-0.1, -0.05) is 36.4 Å². The van der Waals surface area contributed by atoms with Gasteiger partial charge in [-0.3, -0.25) is 9.59 Å². The topological polar surface area (TPSA) is 67.9 Å². The van der Waals surface area contributed by atoms with E-state index in [9.17, 15) is 9.59 Å². The third kappa shape index (κ3) is 4.39. The fraction of sp³-hybridized carbons (Fsp3) is 0.333. The summed E-state index contributed by atoms with van der Waals surface area (Å²) in [5.74, 6) is 0.859. The van der Waals surface area contributed by atoms with Gasteiger partial charge in [0.05, 0.1) is 14.2 Å². The Labute approximate surface area is 159 Å². The first-order chi connectivity index (χ1) is 13.1. The van der Waals surface area contributed by atoms with Crippen molar-refractivity contribution in [2.24, 2.45) is 5.92 Å². The molecule has 142 valence electrons. The van der Waals surface area contributed by atoms with E-state index < -0.39 is 0 Å². The fourth-order valence-corrected chi connectivity index (χ4v) is 3.35. The van der Waals surface area contributed by atoms with Crippen LogP contribution in [0.25, 0.3) is 0 Å². The third-order valence-corrected chi connectivity index (χ3v) is 4.72. The number of carbonyl (C=O) groups is 2. The van der Waals surface area contributed by atoms with Gasteiger partial charge < -0.3 is 19.7 Å². The van der Waals surface area contributed by atoms with Gasteiger partial charge in [0.25, 0.3) is 5.91 Å². The molecule has 1 unspecified atom stereocenters. The van der Waals surface area contributed by atoms with Crippen LogP contribution >= 0.6 is 0 Å². The van der Waals surface area contributed by atoms with Crippen molar-refractivity contribution in [3.05, 3.63) is 59.7 Å². The van der Waals surface area contributed by atoms with Crippen molar-refractivity contribution in [3.63, 3.8) is 0 Å². The molecular formula is C21H24N2O4. The van der Waals surface area contributed by atoms with Gasteiger partial charge in [0, 0.05) is 32.0 Å². The molecule has 6 nitrogen and oxygen atoms in total. The van der Waals surface area contributed by atoms with E-state index in [1.165, 1.54) is 14.2 Å². The molecule has 3 rings (SSSR count). The molecule has 1 aliphatic heterocycles. The van der Waals surface area contributed by atoms with Crippen LogP contribution in [-0.4, -0.2) is 44.0 Å². The quantitative estimate of drug-likeness (QED) is 0.815. The zero-order chi connectivity index (χ0) is 19.2. The molecule has 1 N–H and O–H groups in total. The van der Waals surface area contributed by atoms with Crippen LogP contribution in [0, 0.1) is 5.92 Å². The lowest BCUT2D eigenvalue weighted by Gasteiger charge is -2.17. The molecule has 0 aromatic heterocycles. The molecule has 2 aromatic carbocycles. The molecule has 1 saturated heterocycles. The van der Waals surface area contributed by atoms with Crippen molar-refractivity contribution in [2.45, 2.75) is 13.0 Å². The molecule has 0 spiro atoms. The van der Waals surface area contributed by atoms with Gasteiger partial charge in [-0.05, 0) is 17.7 Å². The molecule has 27 heavy (non-hydrogen) atoms. The van der Waals surface area contributed by atoms with E-state index in [-0.39, 0.29) is 17.7 Å². The summed E-state index contributed by atoms with van der Waals surface area (Å²) in [5.41, 5.74) is 1.47. The number of likely N-dealkylation sites (tertiary alicyclic amines) is 1. The maximum Gasteiger partial charge on any atom is 0.258 e. The van der Waals surface area contributed by atoms with Gasteiger partial charge in [0.15, 0.2) is 0 Å². The van der Waals surface area contributed by atoms with Crippen LogP contribution in [0.4, 0.5) is 0 Å². The molecule has 2 amide bonds.